The van der Waals surface area contributed by atoms with Gasteiger partial charge in [0.05, 0.1) is 12.2 Å². The zero-order chi connectivity index (χ0) is 14.8. The second kappa shape index (κ2) is 5.80. The molecule has 2 aromatic rings. The quantitative estimate of drug-likeness (QED) is 0.872. The standard InChI is InChI=1S/C13H17N5O2S/c1-2-14-11(19)8-4-3-5-18(6-8)13-17-10-9(21-13)12(20)16-7-15-10/h7-8H,2-6H2,1H3,(H,14,19)(H,15,16,20)/t8-/m0/s1. The van der Waals surface area contributed by atoms with E-state index >= 15 is 0 Å². The largest absolute Gasteiger partial charge is 0.356 e. The molecule has 1 fully saturated rings. The van der Waals surface area contributed by atoms with Crippen LogP contribution >= 0.6 is 11.3 Å². The summed E-state index contributed by atoms with van der Waals surface area (Å²) in [7, 11) is 0. The summed E-state index contributed by atoms with van der Waals surface area (Å²) in [4.78, 5) is 36.8. The molecule has 21 heavy (non-hydrogen) atoms. The summed E-state index contributed by atoms with van der Waals surface area (Å²) in [5.74, 6) is 0.0799. The van der Waals surface area contributed by atoms with E-state index in [0.29, 0.717) is 23.4 Å². The molecule has 3 heterocycles. The molecule has 0 unspecified atom stereocenters. The number of amides is 1. The van der Waals surface area contributed by atoms with Crippen molar-refractivity contribution in [2.75, 3.05) is 24.5 Å². The molecule has 2 N–H and O–H groups in total. The number of hydrogen-bond donors (Lipinski definition) is 2. The summed E-state index contributed by atoms with van der Waals surface area (Å²) in [6.07, 6.45) is 3.20. The smallest absolute Gasteiger partial charge is 0.270 e. The summed E-state index contributed by atoms with van der Waals surface area (Å²) in [6, 6.07) is 0. The van der Waals surface area contributed by atoms with E-state index in [9.17, 15) is 9.59 Å². The lowest BCUT2D eigenvalue weighted by molar-refractivity contribution is -0.125. The third-order valence-electron chi connectivity index (χ3n) is 3.60. The zero-order valence-corrected chi connectivity index (χ0v) is 12.6. The van der Waals surface area contributed by atoms with Crippen LogP contribution in [0.2, 0.25) is 0 Å². The van der Waals surface area contributed by atoms with Gasteiger partial charge in [-0.1, -0.05) is 11.3 Å². The van der Waals surface area contributed by atoms with Gasteiger partial charge in [0.2, 0.25) is 5.91 Å². The number of carbonyl (C=O) groups excluding carboxylic acids is 1. The predicted molar refractivity (Wildman–Crippen MR) is 81.7 cm³/mol. The minimum Gasteiger partial charge on any atom is -0.356 e. The summed E-state index contributed by atoms with van der Waals surface area (Å²) in [5, 5.41) is 3.64. The molecular weight excluding hydrogens is 290 g/mol. The van der Waals surface area contributed by atoms with Crippen LogP contribution in [0.1, 0.15) is 19.8 Å². The third-order valence-corrected chi connectivity index (χ3v) is 4.70. The van der Waals surface area contributed by atoms with Crippen LogP contribution in [-0.4, -0.2) is 40.5 Å². The second-order valence-electron chi connectivity index (χ2n) is 5.06. The van der Waals surface area contributed by atoms with Crippen molar-refractivity contribution in [2.45, 2.75) is 19.8 Å². The van der Waals surface area contributed by atoms with Crippen molar-refractivity contribution in [2.24, 2.45) is 5.92 Å². The number of anilines is 1. The van der Waals surface area contributed by atoms with Crippen molar-refractivity contribution in [1.82, 2.24) is 20.3 Å². The summed E-state index contributed by atoms with van der Waals surface area (Å²) in [6.45, 7) is 4.07. The number of aromatic nitrogens is 3. The molecule has 8 heteroatoms. The lowest BCUT2D eigenvalue weighted by Gasteiger charge is -2.31. The summed E-state index contributed by atoms with van der Waals surface area (Å²) in [5.41, 5.74) is 0.305. The molecule has 1 amide bonds. The van der Waals surface area contributed by atoms with Gasteiger partial charge >= 0.3 is 0 Å². The topological polar surface area (TPSA) is 91.0 Å². The van der Waals surface area contributed by atoms with E-state index < -0.39 is 0 Å². The maximum atomic E-state index is 12.0. The van der Waals surface area contributed by atoms with Crippen LogP contribution < -0.4 is 15.8 Å². The molecule has 1 aliphatic rings. The van der Waals surface area contributed by atoms with Crippen LogP contribution in [0.15, 0.2) is 11.1 Å². The average molecular weight is 307 g/mol. The number of aromatic amines is 1. The number of nitrogens with one attached hydrogen (secondary N) is 2. The van der Waals surface area contributed by atoms with Gasteiger partial charge in [-0.2, -0.15) is 4.98 Å². The van der Waals surface area contributed by atoms with Crippen LogP contribution in [0, 0.1) is 5.92 Å². The predicted octanol–water partition coefficient (Wildman–Crippen LogP) is 0.732. The normalized spacial score (nSPS) is 18.9. The first-order valence-electron chi connectivity index (χ1n) is 7.06. The highest BCUT2D eigenvalue weighted by Crippen LogP contribution is 2.29. The molecule has 112 valence electrons. The fourth-order valence-corrected chi connectivity index (χ4v) is 3.52. The second-order valence-corrected chi connectivity index (χ2v) is 6.04. The SMILES string of the molecule is CCNC(=O)[C@H]1CCCN(c2nc3nc[nH]c(=O)c3s2)C1. The van der Waals surface area contributed by atoms with Crippen molar-refractivity contribution >= 4 is 32.7 Å². The van der Waals surface area contributed by atoms with Gasteiger partial charge in [-0.3, -0.25) is 9.59 Å². The van der Waals surface area contributed by atoms with Crippen molar-refractivity contribution < 1.29 is 4.79 Å². The fourth-order valence-electron chi connectivity index (χ4n) is 2.57. The molecule has 1 saturated heterocycles. The Balaban J connectivity index is 1.83. The Hall–Kier alpha value is -1.96. The van der Waals surface area contributed by atoms with Crippen molar-refractivity contribution in [1.29, 1.82) is 0 Å². The van der Waals surface area contributed by atoms with E-state index in [1.165, 1.54) is 17.7 Å². The van der Waals surface area contributed by atoms with E-state index in [1.54, 1.807) is 0 Å². The third kappa shape index (κ3) is 2.76. The number of carbonyl (C=O) groups is 1. The summed E-state index contributed by atoms with van der Waals surface area (Å²) >= 11 is 1.33. The number of H-pyrrole nitrogens is 1. The first-order valence-corrected chi connectivity index (χ1v) is 7.87. The molecule has 7 nitrogen and oxygen atoms in total. The first kappa shape index (κ1) is 14.0. The minimum atomic E-state index is -0.166. The van der Waals surface area contributed by atoms with Gasteiger partial charge in [-0.05, 0) is 19.8 Å². The van der Waals surface area contributed by atoms with E-state index in [1.807, 2.05) is 6.92 Å². The lowest BCUT2D eigenvalue weighted by Crippen LogP contribution is -2.43. The number of hydrogen-bond acceptors (Lipinski definition) is 6. The van der Waals surface area contributed by atoms with Gasteiger partial charge in [-0.15, -0.1) is 0 Å². The highest BCUT2D eigenvalue weighted by molar-refractivity contribution is 7.22. The molecule has 3 rings (SSSR count). The maximum Gasteiger partial charge on any atom is 0.270 e. The van der Waals surface area contributed by atoms with Gasteiger partial charge in [-0.25, -0.2) is 4.98 Å². The van der Waals surface area contributed by atoms with Crippen molar-refractivity contribution in [3.63, 3.8) is 0 Å². The Labute approximate surface area is 125 Å². The Bertz CT molecular complexity index is 710. The molecule has 1 aliphatic heterocycles. The van der Waals surface area contributed by atoms with Gasteiger partial charge < -0.3 is 15.2 Å². The number of rotatable bonds is 3. The Kier molecular flexibility index (Phi) is 3.87. The number of piperidine rings is 1. The Morgan fingerprint density at radius 2 is 2.48 bits per heavy atom. The molecule has 0 aliphatic carbocycles. The number of fused-ring (bicyclic) bond motifs is 1. The van der Waals surface area contributed by atoms with E-state index in [2.05, 4.69) is 25.2 Å². The summed E-state index contributed by atoms with van der Waals surface area (Å²) < 4.78 is 0.535. The van der Waals surface area contributed by atoms with E-state index in [-0.39, 0.29) is 17.4 Å². The van der Waals surface area contributed by atoms with Crippen LogP contribution in [0.25, 0.3) is 10.3 Å². The lowest BCUT2D eigenvalue weighted by atomic mass is 9.97. The molecule has 0 spiro atoms. The average Bonchev–Trinajstić information content (AvgIpc) is 2.93. The van der Waals surface area contributed by atoms with Crippen molar-refractivity contribution in [3.8, 4) is 0 Å². The van der Waals surface area contributed by atoms with Gasteiger partial charge in [0.15, 0.2) is 10.8 Å². The van der Waals surface area contributed by atoms with Crippen LogP contribution in [-0.2, 0) is 4.79 Å². The van der Waals surface area contributed by atoms with E-state index in [4.69, 9.17) is 0 Å². The van der Waals surface area contributed by atoms with Crippen LogP contribution in [0.4, 0.5) is 5.13 Å². The molecule has 0 aromatic carbocycles. The minimum absolute atomic E-state index is 0.0167. The highest BCUT2D eigenvalue weighted by Gasteiger charge is 2.27. The number of thiazole rings is 1. The fraction of sp³-hybridized carbons (Fsp3) is 0.538. The van der Waals surface area contributed by atoms with Crippen LogP contribution in [0.5, 0.6) is 0 Å². The van der Waals surface area contributed by atoms with E-state index in [0.717, 1.165) is 24.5 Å². The Morgan fingerprint density at radius 1 is 1.62 bits per heavy atom. The monoisotopic (exact) mass is 307 g/mol. The maximum absolute atomic E-state index is 12.0. The molecular formula is C13H17N5O2S. The first-order chi connectivity index (χ1) is 10.2. The molecule has 0 saturated carbocycles. The molecule has 1 atom stereocenters. The van der Waals surface area contributed by atoms with Gasteiger partial charge in [0, 0.05) is 19.6 Å². The van der Waals surface area contributed by atoms with Crippen LogP contribution in [0.3, 0.4) is 0 Å². The molecule has 2 aromatic heterocycles. The van der Waals surface area contributed by atoms with Crippen molar-refractivity contribution in [3.05, 3.63) is 16.7 Å². The molecule has 0 radical (unpaired) electrons. The Morgan fingerprint density at radius 3 is 3.24 bits per heavy atom. The number of nitrogens with zero attached hydrogens (tertiary/aromatic N) is 3. The van der Waals surface area contributed by atoms with Gasteiger partial charge in [0.25, 0.3) is 5.56 Å². The highest BCUT2D eigenvalue weighted by atomic mass is 32.1. The zero-order valence-electron chi connectivity index (χ0n) is 11.8. The van der Waals surface area contributed by atoms with Gasteiger partial charge in [0.1, 0.15) is 4.70 Å². The molecule has 0 bridgehead atoms.